The summed E-state index contributed by atoms with van der Waals surface area (Å²) in [5.74, 6) is -0.165. The number of amides is 1. The van der Waals surface area contributed by atoms with Crippen molar-refractivity contribution in [2.75, 3.05) is 31.5 Å². The highest BCUT2D eigenvalue weighted by Gasteiger charge is 2.31. The molecule has 0 saturated carbocycles. The largest absolute Gasteiger partial charge is 0.380 e. The Hall–Kier alpha value is -2.09. The fourth-order valence-corrected chi connectivity index (χ4v) is 6.29. The quantitative estimate of drug-likeness (QED) is 0.723. The molecular weight excluding hydrogens is 434 g/mol. The predicted molar refractivity (Wildman–Crippen MR) is 123 cm³/mol. The number of carbonyl (C=O) groups excluding carboxylic acids is 1. The molecule has 1 atom stereocenters. The van der Waals surface area contributed by atoms with Gasteiger partial charge in [0.05, 0.1) is 5.02 Å². The van der Waals surface area contributed by atoms with Crippen LogP contribution in [0.1, 0.15) is 42.5 Å². The molecule has 31 heavy (non-hydrogen) atoms. The number of para-hydroxylation sites is 1. The lowest BCUT2D eigenvalue weighted by Gasteiger charge is -2.22. The van der Waals surface area contributed by atoms with Crippen molar-refractivity contribution in [2.24, 2.45) is 0 Å². The lowest BCUT2D eigenvalue weighted by molar-refractivity contribution is 0.0791. The third-order valence-electron chi connectivity index (χ3n) is 5.98. The van der Waals surface area contributed by atoms with E-state index < -0.39 is 10.0 Å². The summed E-state index contributed by atoms with van der Waals surface area (Å²) in [5, 5.41) is 3.61. The van der Waals surface area contributed by atoms with Crippen LogP contribution in [-0.2, 0) is 10.0 Å². The second-order valence-electron chi connectivity index (χ2n) is 8.21. The van der Waals surface area contributed by atoms with Crippen molar-refractivity contribution in [1.82, 2.24) is 9.21 Å². The Morgan fingerprint density at radius 3 is 2.39 bits per heavy atom. The highest BCUT2D eigenvalue weighted by atomic mass is 35.5. The fraction of sp³-hybridized carbons (Fsp3) is 0.435. The number of anilines is 1. The molecule has 2 aromatic carbocycles. The van der Waals surface area contributed by atoms with Crippen LogP contribution in [0, 0.1) is 0 Å². The van der Waals surface area contributed by atoms with Gasteiger partial charge in [-0.2, -0.15) is 4.31 Å². The van der Waals surface area contributed by atoms with E-state index in [4.69, 9.17) is 11.6 Å². The number of nitrogens with one attached hydrogen (secondary N) is 1. The summed E-state index contributed by atoms with van der Waals surface area (Å²) in [6, 6.07) is 14.7. The minimum absolute atomic E-state index is 0.0278. The van der Waals surface area contributed by atoms with Crippen LogP contribution in [0.3, 0.4) is 0 Å². The van der Waals surface area contributed by atoms with Crippen LogP contribution in [0.15, 0.2) is 53.4 Å². The van der Waals surface area contributed by atoms with Crippen molar-refractivity contribution in [2.45, 2.75) is 43.0 Å². The number of nitrogens with zero attached hydrogens (tertiary/aromatic N) is 2. The van der Waals surface area contributed by atoms with E-state index in [2.05, 4.69) is 5.32 Å². The SMILES string of the molecule is O=C(c1ccc(Cl)c(S(=O)(=O)N2CCCCCC2)c1)N1CCC(Nc2ccccc2)C1. The van der Waals surface area contributed by atoms with Crippen LogP contribution in [0.25, 0.3) is 0 Å². The average molecular weight is 462 g/mol. The standard InChI is InChI=1S/C23H28ClN3O3S/c24-21-11-10-18(16-22(21)31(29,30)27-13-6-1-2-7-14-27)23(28)26-15-12-20(17-26)25-19-8-4-3-5-9-19/h3-5,8-11,16,20,25H,1-2,6-7,12-15,17H2. The van der Waals surface area contributed by atoms with Crippen LogP contribution in [0.2, 0.25) is 5.02 Å². The molecule has 0 radical (unpaired) electrons. The number of hydrogen-bond acceptors (Lipinski definition) is 4. The molecule has 2 saturated heterocycles. The Kier molecular flexibility index (Phi) is 6.84. The van der Waals surface area contributed by atoms with Crippen molar-refractivity contribution in [1.29, 1.82) is 0 Å². The van der Waals surface area contributed by atoms with E-state index in [1.54, 1.807) is 11.0 Å². The Morgan fingerprint density at radius 2 is 1.68 bits per heavy atom. The number of halogens is 1. The summed E-state index contributed by atoms with van der Waals surface area (Å²) in [6.07, 6.45) is 4.60. The second-order valence-corrected chi connectivity index (χ2v) is 10.5. The van der Waals surface area contributed by atoms with Crippen molar-refractivity contribution >= 4 is 33.2 Å². The molecule has 0 aliphatic carbocycles. The van der Waals surface area contributed by atoms with E-state index in [1.165, 1.54) is 16.4 Å². The second kappa shape index (κ2) is 9.59. The van der Waals surface area contributed by atoms with Gasteiger partial charge in [0.25, 0.3) is 5.91 Å². The maximum Gasteiger partial charge on any atom is 0.253 e. The molecule has 2 fully saturated rings. The minimum atomic E-state index is -3.73. The van der Waals surface area contributed by atoms with Gasteiger partial charge in [0, 0.05) is 43.5 Å². The molecule has 2 aliphatic heterocycles. The number of sulfonamides is 1. The molecule has 4 rings (SSSR count). The Bertz CT molecular complexity index is 1020. The van der Waals surface area contributed by atoms with Gasteiger partial charge in [0.15, 0.2) is 0 Å². The Balaban J connectivity index is 1.49. The van der Waals surface area contributed by atoms with Crippen LogP contribution in [0.4, 0.5) is 5.69 Å². The fourth-order valence-electron chi connectivity index (χ4n) is 4.27. The third kappa shape index (κ3) is 5.05. The first-order chi connectivity index (χ1) is 14.9. The van der Waals surface area contributed by atoms with Crippen LogP contribution in [-0.4, -0.2) is 55.8 Å². The highest BCUT2D eigenvalue weighted by Crippen LogP contribution is 2.28. The van der Waals surface area contributed by atoms with E-state index in [0.717, 1.165) is 37.8 Å². The number of likely N-dealkylation sites (tertiary alicyclic amines) is 1. The van der Waals surface area contributed by atoms with E-state index in [1.807, 2.05) is 30.3 Å². The summed E-state index contributed by atoms with van der Waals surface area (Å²) >= 11 is 6.28. The van der Waals surface area contributed by atoms with E-state index in [0.29, 0.717) is 31.7 Å². The van der Waals surface area contributed by atoms with E-state index >= 15 is 0 Å². The van der Waals surface area contributed by atoms with Gasteiger partial charge in [-0.3, -0.25) is 4.79 Å². The summed E-state index contributed by atoms with van der Waals surface area (Å²) < 4.78 is 27.9. The summed E-state index contributed by atoms with van der Waals surface area (Å²) in [7, 11) is -3.73. The smallest absolute Gasteiger partial charge is 0.253 e. The molecule has 2 aliphatic rings. The molecule has 0 bridgehead atoms. The number of hydrogen-bond donors (Lipinski definition) is 1. The number of rotatable bonds is 5. The first-order valence-corrected chi connectivity index (χ1v) is 12.7. The van der Waals surface area contributed by atoms with Crippen LogP contribution < -0.4 is 5.32 Å². The molecule has 2 heterocycles. The van der Waals surface area contributed by atoms with Gasteiger partial charge in [0.2, 0.25) is 10.0 Å². The van der Waals surface area contributed by atoms with E-state index in [9.17, 15) is 13.2 Å². The Morgan fingerprint density at radius 1 is 0.968 bits per heavy atom. The van der Waals surface area contributed by atoms with Gasteiger partial charge in [-0.1, -0.05) is 42.6 Å². The first-order valence-electron chi connectivity index (χ1n) is 10.9. The van der Waals surface area contributed by atoms with Crippen molar-refractivity contribution in [3.05, 3.63) is 59.1 Å². The van der Waals surface area contributed by atoms with Gasteiger partial charge in [-0.05, 0) is 49.6 Å². The summed E-state index contributed by atoms with van der Waals surface area (Å²) in [6.45, 7) is 2.19. The molecule has 1 unspecified atom stereocenters. The monoisotopic (exact) mass is 461 g/mol. The number of benzene rings is 2. The molecule has 6 nitrogen and oxygen atoms in total. The van der Waals surface area contributed by atoms with Gasteiger partial charge in [0.1, 0.15) is 4.90 Å². The summed E-state index contributed by atoms with van der Waals surface area (Å²) in [4.78, 5) is 14.9. The molecule has 1 amide bonds. The van der Waals surface area contributed by atoms with Crippen LogP contribution >= 0.6 is 11.6 Å². The lowest BCUT2D eigenvalue weighted by atomic mass is 10.2. The van der Waals surface area contributed by atoms with Gasteiger partial charge >= 0.3 is 0 Å². The Labute approximate surface area is 189 Å². The highest BCUT2D eigenvalue weighted by molar-refractivity contribution is 7.89. The maximum absolute atomic E-state index is 13.2. The molecule has 166 valence electrons. The van der Waals surface area contributed by atoms with Gasteiger partial charge in [-0.15, -0.1) is 0 Å². The van der Waals surface area contributed by atoms with Crippen LogP contribution in [0.5, 0.6) is 0 Å². The molecule has 0 spiro atoms. The van der Waals surface area contributed by atoms with Gasteiger partial charge < -0.3 is 10.2 Å². The van der Waals surface area contributed by atoms with Crippen molar-refractivity contribution in [3.63, 3.8) is 0 Å². The van der Waals surface area contributed by atoms with Crippen molar-refractivity contribution in [3.8, 4) is 0 Å². The van der Waals surface area contributed by atoms with Gasteiger partial charge in [-0.25, -0.2) is 8.42 Å². The predicted octanol–water partition coefficient (Wildman–Crippen LogP) is 4.23. The number of carbonyl (C=O) groups is 1. The average Bonchev–Trinajstić information content (AvgIpc) is 3.05. The van der Waals surface area contributed by atoms with E-state index in [-0.39, 0.29) is 21.9 Å². The minimum Gasteiger partial charge on any atom is -0.380 e. The normalized spacial score (nSPS) is 20.4. The zero-order chi connectivity index (χ0) is 21.8. The molecule has 0 aromatic heterocycles. The first kappa shape index (κ1) is 22.1. The zero-order valence-electron chi connectivity index (χ0n) is 17.5. The molecular formula is C23H28ClN3O3S. The molecule has 8 heteroatoms. The lowest BCUT2D eigenvalue weighted by Crippen LogP contribution is -2.33. The third-order valence-corrected chi connectivity index (χ3v) is 8.36. The zero-order valence-corrected chi connectivity index (χ0v) is 19.0. The summed E-state index contributed by atoms with van der Waals surface area (Å²) in [5.41, 5.74) is 1.39. The molecule has 2 aromatic rings. The maximum atomic E-state index is 13.2. The molecule has 1 N–H and O–H groups in total. The topological polar surface area (TPSA) is 69.7 Å². The van der Waals surface area contributed by atoms with Crippen molar-refractivity contribution < 1.29 is 13.2 Å².